The second-order valence-corrected chi connectivity index (χ2v) is 7.11. The Bertz CT molecular complexity index is 643. The highest BCUT2D eigenvalue weighted by Gasteiger charge is 2.28. The zero-order valence-electron chi connectivity index (χ0n) is 19.4. The van der Waals surface area contributed by atoms with Gasteiger partial charge in [-0.15, -0.1) is 24.0 Å². The molecule has 1 unspecified atom stereocenters. The molecule has 0 bridgehead atoms. The van der Waals surface area contributed by atoms with Gasteiger partial charge in [0.2, 0.25) is 0 Å². The van der Waals surface area contributed by atoms with Crippen molar-refractivity contribution in [2.24, 2.45) is 4.99 Å². The second-order valence-electron chi connectivity index (χ2n) is 7.11. The molecule has 1 aliphatic heterocycles. The Kier molecular flexibility index (Phi) is 12.2. The number of ether oxygens (including phenoxy) is 3. The van der Waals surface area contributed by atoms with E-state index in [0.29, 0.717) is 12.6 Å². The molecule has 1 aromatic rings. The van der Waals surface area contributed by atoms with Gasteiger partial charge >= 0.3 is 0 Å². The molecule has 30 heavy (non-hydrogen) atoms. The number of hydrogen-bond donors (Lipinski definition) is 1. The van der Waals surface area contributed by atoms with Gasteiger partial charge in [-0.2, -0.15) is 0 Å². The lowest BCUT2D eigenvalue weighted by Gasteiger charge is -2.27. The summed E-state index contributed by atoms with van der Waals surface area (Å²) in [4.78, 5) is 9.82. The van der Waals surface area contributed by atoms with Crippen molar-refractivity contribution < 1.29 is 14.2 Å². The van der Waals surface area contributed by atoms with Crippen LogP contribution in [0.3, 0.4) is 0 Å². The van der Waals surface area contributed by atoms with Gasteiger partial charge in [-0.25, -0.2) is 0 Å². The third-order valence-corrected chi connectivity index (χ3v) is 5.57. The van der Waals surface area contributed by atoms with Crippen molar-refractivity contribution in [3.8, 4) is 17.2 Å². The standard InChI is InChI=1S/C22H38N4O3.HI/c1-7-23-22(26-13-11-17(16-26)25(8-2)9-3)24-12-10-19-20(28-5)14-18(27-4)15-21(19)29-6;/h14-15,17H,7-13,16H2,1-6H3,(H,23,24);1H. The Morgan fingerprint density at radius 1 is 1.10 bits per heavy atom. The van der Waals surface area contributed by atoms with Crippen LogP contribution in [0.1, 0.15) is 32.8 Å². The number of aliphatic imine (C=N–C) groups is 1. The Labute approximate surface area is 199 Å². The van der Waals surface area contributed by atoms with Gasteiger partial charge in [-0.1, -0.05) is 13.8 Å². The van der Waals surface area contributed by atoms with Crippen LogP contribution >= 0.6 is 24.0 Å². The van der Waals surface area contributed by atoms with Gasteiger partial charge in [0.05, 0.1) is 21.3 Å². The van der Waals surface area contributed by atoms with E-state index in [0.717, 1.165) is 67.9 Å². The van der Waals surface area contributed by atoms with E-state index in [1.807, 2.05) is 12.1 Å². The molecule has 1 aliphatic rings. The molecule has 2 rings (SSSR count). The third kappa shape index (κ3) is 6.80. The first kappa shape index (κ1) is 26.6. The van der Waals surface area contributed by atoms with E-state index >= 15 is 0 Å². The van der Waals surface area contributed by atoms with Crippen molar-refractivity contribution in [1.82, 2.24) is 15.1 Å². The van der Waals surface area contributed by atoms with E-state index in [4.69, 9.17) is 19.2 Å². The quantitative estimate of drug-likeness (QED) is 0.283. The first-order valence-corrected chi connectivity index (χ1v) is 10.7. The van der Waals surface area contributed by atoms with Crippen LogP contribution in [0.15, 0.2) is 17.1 Å². The molecule has 0 spiro atoms. The minimum atomic E-state index is 0. The van der Waals surface area contributed by atoms with Crippen LogP contribution in [0, 0.1) is 0 Å². The van der Waals surface area contributed by atoms with Gasteiger partial charge in [0.1, 0.15) is 17.2 Å². The van der Waals surface area contributed by atoms with Gasteiger partial charge in [0.25, 0.3) is 0 Å². The van der Waals surface area contributed by atoms with E-state index in [9.17, 15) is 0 Å². The number of rotatable bonds is 10. The second kappa shape index (κ2) is 13.8. The van der Waals surface area contributed by atoms with Gasteiger partial charge in [-0.05, 0) is 32.9 Å². The van der Waals surface area contributed by atoms with Crippen LogP contribution in [0.4, 0.5) is 0 Å². The zero-order chi connectivity index (χ0) is 21.2. The predicted octanol–water partition coefficient (Wildman–Crippen LogP) is 3.25. The average Bonchev–Trinajstić information content (AvgIpc) is 3.23. The Morgan fingerprint density at radius 3 is 2.23 bits per heavy atom. The molecule has 0 aromatic heterocycles. The van der Waals surface area contributed by atoms with Gasteiger partial charge in [-0.3, -0.25) is 9.89 Å². The largest absolute Gasteiger partial charge is 0.496 e. The SMILES string of the molecule is CCNC(=NCCc1c(OC)cc(OC)cc1OC)N1CCC(N(CC)CC)C1.I. The fourth-order valence-corrected chi connectivity index (χ4v) is 4.00. The predicted molar refractivity (Wildman–Crippen MR) is 134 cm³/mol. The van der Waals surface area contributed by atoms with Crippen molar-refractivity contribution in [3.63, 3.8) is 0 Å². The maximum Gasteiger partial charge on any atom is 0.193 e. The molecule has 8 heteroatoms. The molecule has 1 fully saturated rings. The molecule has 1 heterocycles. The fraction of sp³-hybridized carbons (Fsp3) is 0.682. The van der Waals surface area contributed by atoms with Gasteiger partial charge in [0, 0.05) is 49.9 Å². The maximum atomic E-state index is 5.56. The highest BCUT2D eigenvalue weighted by Crippen LogP contribution is 2.34. The topological polar surface area (TPSA) is 58.6 Å². The number of nitrogens with one attached hydrogen (secondary N) is 1. The summed E-state index contributed by atoms with van der Waals surface area (Å²) in [5, 5.41) is 3.46. The van der Waals surface area contributed by atoms with Crippen molar-refractivity contribution in [1.29, 1.82) is 0 Å². The van der Waals surface area contributed by atoms with Crippen molar-refractivity contribution in [3.05, 3.63) is 17.7 Å². The molecule has 1 N–H and O–H groups in total. The summed E-state index contributed by atoms with van der Waals surface area (Å²) in [6.07, 6.45) is 1.92. The Hall–Kier alpha value is -1.42. The zero-order valence-corrected chi connectivity index (χ0v) is 21.7. The molecular weight excluding hydrogens is 495 g/mol. The number of likely N-dealkylation sites (N-methyl/N-ethyl adjacent to an activating group) is 1. The van der Waals surface area contributed by atoms with E-state index in [1.165, 1.54) is 6.42 Å². The lowest BCUT2D eigenvalue weighted by Crippen LogP contribution is -2.43. The smallest absolute Gasteiger partial charge is 0.193 e. The normalized spacial score (nSPS) is 16.4. The molecule has 0 aliphatic carbocycles. The maximum absolute atomic E-state index is 5.56. The highest BCUT2D eigenvalue weighted by molar-refractivity contribution is 14.0. The molecule has 172 valence electrons. The molecule has 0 amide bonds. The van der Waals surface area contributed by atoms with Crippen LogP contribution in [0.25, 0.3) is 0 Å². The monoisotopic (exact) mass is 534 g/mol. The number of likely N-dealkylation sites (tertiary alicyclic amines) is 1. The van der Waals surface area contributed by atoms with Crippen LogP contribution in [0.5, 0.6) is 17.2 Å². The summed E-state index contributed by atoms with van der Waals surface area (Å²) < 4.78 is 16.5. The van der Waals surface area contributed by atoms with Crippen LogP contribution in [-0.2, 0) is 6.42 Å². The van der Waals surface area contributed by atoms with Gasteiger partial charge in [0.15, 0.2) is 5.96 Å². The lowest BCUT2D eigenvalue weighted by atomic mass is 10.1. The summed E-state index contributed by atoms with van der Waals surface area (Å²) in [6, 6.07) is 4.39. The van der Waals surface area contributed by atoms with E-state index in [2.05, 4.69) is 35.9 Å². The highest BCUT2D eigenvalue weighted by atomic mass is 127. The summed E-state index contributed by atoms with van der Waals surface area (Å²) in [7, 11) is 4.98. The first-order chi connectivity index (χ1) is 14.1. The minimum absolute atomic E-state index is 0. The number of nitrogens with zero attached hydrogens (tertiary/aromatic N) is 3. The van der Waals surface area contributed by atoms with Crippen LogP contribution in [-0.4, -0.2) is 82.4 Å². The number of guanidine groups is 1. The number of halogens is 1. The first-order valence-electron chi connectivity index (χ1n) is 10.7. The molecule has 1 atom stereocenters. The molecule has 1 saturated heterocycles. The number of hydrogen-bond acceptors (Lipinski definition) is 5. The summed E-state index contributed by atoms with van der Waals surface area (Å²) in [6.45, 7) is 12.4. The molecular formula is C22H39IN4O3. The van der Waals surface area contributed by atoms with E-state index < -0.39 is 0 Å². The number of methoxy groups -OCH3 is 3. The van der Waals surface area contributed by atoms with E-state index in [-0.39, 0.29) is 24.0 Å². The number of benzene rings is 1. The Balaban J connectivity index is 0.00000450. The summed E-state index contributed by atoms with van der Waals surface area (Å²) >= 11 is 0. The van der Waals surface area contributed by atoms with Crippen molar-refractivity contribution >= 4 is 29.9 Å². The third-order valence-electron chi connectivity index (χ3n) is 5.57. The van der Waals surface area contributed by atoms with E-state index in [1.54, 1.807) is 21.3 Å². The minimum Gasteiger partial charge on any atom is -0.496 e. The van der Waals surface area contributed by atoms with Gasteiger partial charge < -0.3 is 24.4 Å². The Morgan fingerprint density at radius 2 is 1.73 bits per heavy atom. The molecule has 1 aromatic carbocycles. The van der Waals surface area contributed by atoms with Crippen molar-refractivity contribution in [2.75, 3.05) is 60.6 Å². The molecule has 0 saturated carbocycles. The average molecular weight is 534 g/mol. The van der Waals surface area contributed by atoms with Crippen LogP contribution < -0.4 is 19.5 Å². The fourth-order valence-electron chi connectivity index (χ4n) is 4.00. The van der Waals surface area contributed by atoms with Crippen LogP contribution in [0.2, 0.25) is 0 Å². The molecule has 7 nitrogen and oxygen atoms in total. The summed E-state index contributed by atoms with van der Waals surface area (Å²) in [5.41, 5.74) is 1.01. The summed E-state index contributed by atoms with van der Waals surface area (Å²) in [5.74, 6) is 3.25. The van der Waals surface area contributed by atoms with Crippen molar-refractivity contribution in [2.45, 2.75) is 39.7 Å². The molecule has 0 radical (unpaired) electrons. The lowest BCUT2D eigenvalue weighted by molar-refractivity contribution is 0.223.